The third kappa shape index (κ3) is 4.42. The van der Waals surface area contributed by atoms with E-state index in [9.17, 15) is 20.1 Å². The molecular formula is C25H44O6. The fourth-order valence-corrected chi connectivity index (χ4v) is 7.50. The second-order valence-corrected chi connectivity index (χ2v) is 11.8. The first-order valence-electron chi connectivity index (χ1n) is 12.2. The SMILES string of the molecule is CC(C)CC(=O)OC[C@]1(C)CCC[C@]2(C)[C@@H]1CC[C@]1(C)O[C@@](CO)([C@@H](O)CO)CC[C@@H]21. The lowest BCUT2D eigenvalue weighted by Crippen LogP contribution is -2.67. The monoisotopic (exact) mass is 440 g/mol. The lowest BCUT2D eigenvalue weighted by atomic mass is 9.44. The minimum Gasteiger partial charge on any atom is -0.465 e. The summed E-state index contributed by atoms with van der Waals surface area (Å²) in [6, 6.07) is 0. The Morgan fingerprint density at radius 3 is 2.35 bits per heavy atom. The summed E-state index contributed by atoms with van der Waals surface area (Å²) in [5, 5.41) is 30.0. The van der Waals surface area contributed by atoms with Crippen LogP contribution in [0.4, 0.5) is 0 Å². The number of hydrogen-bond acceptors (Lipinski definition) is 6. The number of fused-ring (bicyclic) bond motifs is 3. The Morgan fingerprint density at radius 1 is 1.06 bits per heavy atom. The standard InChI is InChI=1S/C25H44O6/c1-17(2)13-21(29)30-16-22(3)9-6-10-23(4)18(22)7-11-24(5)19(23)8-12-25(15-27,31-24)20(28)14-26/h17-20,26-28H,6-16H2,1-5H3/t18-,19+,20+,22+,23-,24+,25+/m1/s1. The number of hydrogen-bond donors (Lipinski definition) is 3. The molecule has 3 N–H and O–H groups in total. The molecule has 0 aromatic rings. The number of carbonyl (C=O) groups is 1. The van der Waals surface area contributed by atoms with E-state index >= 15 is 0 Å². The molecule has 7 atom stereocenters. The maximum Gasteiger partial charge on any atom is 0.306 e. The first kappa shape index (κ1) is 24.9. The lowest BCUT2D eigenvalue weighted by Gasteiger charge is -2.66. The Kier molecular flexibility index (Phi) is 7.18. The van der Waals surface area contributed by atoms with Gasteiger partial charge in [0.15, 0.2) is 0 Å². The number of aliphatic hydroxyl groups excluding tert-OH is 3. The lowest BCUT2D eigenvalue weighted by molar-refractivity contribution is -0.302. The molecule has 1 heterocycles. The van der Waals surface area contributed by atoms with E-state index in [4.69, 9.17) is 9.47 Å². The summed E-state index contributed by atoms with van der Waals surface area (Å²) < 4.78 is 12.3. The summed E-state index contributed by atoms with van der Waals surface area (Å²) in [4.78, 5) is 12.2. The van der Waals surface area contributed by atoms with Crippen LogP contribution in [0.25, 0.3) is 0 Å². The molecule has 2 aliphatic carbocycles. The number of ether oxygens (including phenoxy) is 2. The van der Waals surface area contributed by atoms with Crippen LogP contribution >= 0.6 is 0 Å². The molecule has 0 bridgehead atoms. The van der Waals surface area contributed by atoms with Crippen molar-refractivity contribution >= 4 is 5.97 Å². The van der Waals surface area contributed by atoms with Gasteiger partial charge in [0.05, 0.1) is 25.4 Å². The van der Waals surface area contributed by atoms with Crippen molar-refractivity contribution in [1.82, 2.24) is 0 Å². The molecular weight excluding hydrogens is 396 g/mol. The Labute approximate surface area is 187 Å². The zero-order valence-corrected chi connectivity index (χ0v) is 20.2. The van der Waals surface area contributed by atoms with Gasteiger partial charge in [-0.1, -0.05) is 34.1 Å². The molecule has 180 valence electrons. The smallest absolute Gasteiger partial charge is 0.306 e. The van der Waals surface area contributed by atoms with Gasteiger partial charge >= 0.3 is 5.97 Å². The van der Waals surface area contributed by atoms with Gasteiger partial charge in [-0.2, -0.15) is 0 Å². The summed E-state index contributed by atoms with van der Waals surface area (Å²) in [6.07, 6.45) is 5.86. The van der Waals surface area contributed by atoms with Crippen LogP contribution in [0.2, 0.25) is 0 Å². The highest BCUT2D eigenvalue weighted by Gasteiger charge is 2.63. The van der Waals surface area contributed by atoms with Gasteiger partial charge in [0.1, 0.15) is 11.7 Å². The number of esters is 1. The molecule has 2 saturated carbocycles. The van der Waals surface area contributed by atoms with Gasteiger partial charge in [-0.15, -0.1) is 0 Å². The highest BCUT2D eigenvalue weighted by Crippen LogP contribution is 2.65. The van der Waals surface area contributed by atoms with Crippen molar-refractivity contribution in [3.8, 4) is 0 Å². The number of rotatable bonds is 7. The van der Waals surface area contributed by atoms with E-state index < -0.39 is 23.9 Å². The second kappa shape index (κ2) is 8.92. The summed E-state index contributed by atoms with van der Waals surface area (Å²) in [5.41, 5.74) is -1.53. The number of aliphatic hydroxyl groups is 3. The van der Waals surface area contributed by atoms with E-state index in [1.807, 2.05) is 13.8 Å². The molecule has 31 heavy (non-hydrogen) atoms. The normalized spacial score (nSPS) is 43.8. The van der Waals surface area contributed by atoms with Crippen molar-refractivity contribution in [3.05, 3.63) is 0 Å². The Bertz CT molecular complexity index is 652. The van der Waals surface area contributed by atoms with Gasteiger partial charge in [0, 0.05) is 11.8 Å². The summed E-state index contributed by atoms with van der Waals surface area (Å²) in [7, 11) is 0. The first-order chi connectivity index (χ1) is 14.4. The topological polar surface area (TPSA) is 96.2 Å². The molecule has 0 aromatic heterocycles. The van der Waals surface area contributed by atoms with Gasteiger partial charge in [-0.3, -0.25) is 4.79 Å². The molecule has 0 unspecified atom stereocenters. The van der Waals surface area contributed by atoms with Crippen molar-refractivity contribution in [3.63, 3.8) is 0 Å². The fraction of sp³-hybridized carbons (Fsp3) is 0.960. The van der Waals surface area contributed by atoms with Crippen molar-refractivity contribution in [2.24, 2.45) is 28.6 Å². The third-order valence-electron chi connectivity index (χ3n) is 9.04. The van der Waals surface area contributed by atoms with Gasteiger partial charge in [-0.25, -0.2) is 0 Å². The first-order valence-corrected chi connectivity index (χ1v) is 12.2. The molecule has 0 radical (unpaired) electrons. The van der Waals surface area contributed by atoms with E-state index in [0.717, 1.165) is 38.5 Å². The molecule has 0 amide bonds. The van der Waals surface area contributed by atoms with Crippen molar-refractivity contribution < 1.29 is 29.6 Å². The van der Waals surface area contributed by atoms with E-state index in [1.54, 1.807) is 0 Å². The van der Waals surface area contributed by atoms with Gasteiger partial charge < -0.3 is 24.8 Å². The van der Waals surface area contributed by atoms with Crippen LogP contribution < -0.4 is 0 Å². The average molecular weight is 441 g/mol. The number of carbonyl (C=O) groups excluding carboxylic acids is 1. The van der Waals surface area contributed by atoms with Crippen LogP contribution in [-0.2, 0) is 14.3 Å². The van der Waals surface area contributed by atoms with Gasteiger partial charge in [-0.05, 0) is 68.6 Å². The fourth-order valence-electron chi connectivity index (χ4n) is 7.50. The minimum absolute atomic E-state index is 0.0445. The molecule has 1 aliphatic heterocycles. The minimum atomic E-state index is -1.09. The van der Waals surface area contributed by atoms with Gasteiger partial charge in [0.2, 0.25) is 0 Å². The highest BCUT2D eigenvalue weighted by atomic mass is 16.6. The second-order valence-electron chi connectivity index (χ2n) is 11.8. The molecule has 0 spiro atoms. The molecule has 0 aromatic carbocycles. The van der Waals surface area contributed by atoms with Crippen molar-refractivity contribution in [1.29, 1.82) is 0 Å². The molecule has 6 heteroatoms. The zero-order chi connectivity index (χ0) is 23.1. The van der Waals surface area contributed by atoms with E-state index in [1.165, 1.54) is 0 Å². The predicted molar refractivity (Wildman–Crippen MR) is 118 cm³/mol. The van der Waals surface area contributed by atoms with Crippen LogP contribution in [0.5, 0.6) is 0 Å². The van der Waals surface area contributed by atoms with Gasteiger partial charge in [0.25, 0.3) is 0 Å². The van der Waals surface area contributed by atoms with Crippen molar-refractivity contribution in [2.75, 3.05) is 19.8 Å². The molecule has 3 rings (SSSR count). The van der Waals surface area contributed by atoms with E-state index in [-0.39, 0.29) is 23.4 Å². The Morgan fingerprint density at radius 2 is 1.74 bits per heavy atom. The summed E-state index contributed by atoms with van der Waals surface area (Å²) >= 11 is 0. The van der Waals surface area contributed by atoms with Crippen LogP contribution in [0.3, 0.4) is 0 Å². The van der Waals surface area contributed by atoms with Crippen molar-refractivity contribution in [2.45, 2.75) is 103 Å². The van der Waals surface area contributed by atoms with Crippen LogP contribution in [0.1, 0.15) is 86.0 Å². The molecule has 3 aliphatic rings. The van der Waals surface area contributed by atoms with Crippen LogP contribution in [0, 0.1) is 28.6 Å². The molecule has 6 nitrogen and oxygen atoms in total. The quantitative estimate of drug-likeness (QED) is 0.525. The maximum absolute atomic E-state index is 12.2. The molecule has 3 fully saturated rings. The average Bonchev–Trinajstić information content (AvgIpc) is 2.70. The van der Waals surface area contributed by atoms with Crippen LogP contribution in [-0.4, -0.2) is 58.4 Å². The van der Waals surface area contributed by atoms with Crippen LogP contribution in [0.15, 0.2) is 0 Å². The third-order valence-corrected chi connectivity index (χ3v) is 9.04. The Hall–Kier alpha value is -0.690. The highest BCUT2D eigenvalue weighted by molar-refractivity contribution is 5.69. The van der Waals surface area contributed by atoms with E-state index in [0.29, 0.717) is 37.2 Å². The largest absolute Gasteiger partial charge is 0.465 e. The molecule has 1 saturated heterocycles. The zero-order valence-electron chi connectivity index (χ0n) is 20.2. The summed E-state index contributed by atoms with van der Waals surface area (Å²) in [5.74, 6) is 0.936. The summed E-state index contributed by atoms with van der Waals surface area (Å²) in [6.45, 7) is 10.6. The Balaban J connectivity index is 1.80. The predicted octanol–water partition coefficient (Wildman–Crippen LogP) is 3.45. The van der Waals surface area contributed by atoms with E-state index in [2.05, 4.69) is 20.8 Å². The maximum atomic E-state index is 12.2.